The maximum atomic E-state index is 13.7. The monoisotopic (exact) mass is 265 g/mol. The van der Waals surface area contributed by atoms with Crippen LogP contribution in [0.5, 0.6) is 0 Å². The van der Waals surface area contributed by atoms with Crippen LogP contribution in [0.1, 0.15) is 29.8 Å². The molecule has 0 amide bonds. The summed E-state index contributed by atoms with van der Waals surface area (Å²) >= 11 is 1.36. The number of benzene rings is 1. The summed E-state index contributed by atoms with van der Waals surface area (Å²) in [6, 6.07) is 6.98. The Bertz CT molecular complexity index is 473. The molecule has 2 aromatic rings. The Morgan fingerprint density at radius 2 is 2.22 bits per heavy atom. The van der Waals surface area contributed by atoms with Crippen LogP contribution in [-0.4, -0.2) is 16.1 Å². The highest BCUT2D eigenvalue weighted by atomic mass is 32.1. The fourth-order valence-corrected chi connectivity index (χ4v) is 2.38. The van der Waals surface area contributed by atoms with Crippen LogP contribution in [0, 0.1) is 5.82 Å². The largest absolute Gasteiger partial charge is 0.309 e. The number of hydrogen-bond acceptors (Lipinski definition) is 4. The van der Waals surface area contributed by atoms with Gasteiger partial charge in [0.1, 0.15) is 5.82 Å². The van der Waals surface area contributed by atoms with Gasteiger partial charge in [-0.15, -0.1) is 5.10 Å². The summed E-state index contributed by atoms with van der Waals surface area (Å²) in [5.74, 6) is -0.154. The average molecular weight is 265 g/mol. The lowest BCUT2D eigenvalue weighted by molar-refractivity contribution is 0.518. The van der Waals surface area contributed by atoms with E-state index in [0.29, 0.717) is 6.42 Å². The molecule has 0 aliphatic carbocycles. The predicted molar refractivity (Wildman–Crippen MR) is 71.0 cm³/mol. The first-order valence-corrected chi connectivity index (χ1v) is 6.82. The van der Waals surface area contributed by atoms with Crippen LogP contribution >= 0.6 is 11.5 Å². The van der Waals surface area contributed by atoms with Gasteiger partial charge in [-0.3, -0.25) is 0 Å². The van der Waals surface area contributed by atoms with Gasteiger partial charge in [0.25, 0.3) is 0 Å². The molecule has 1 N–H and O–H groups in total. The first-order chi connectivity index (χ1) is 8.81. The predicted octanol–water partition coefficient (Wildman–Crippen LogP) is 2.96. The maximum Gasteiger partial charge on any atom is 0.126 e. The second kappa shape index (κ2) is 6.56. The van der Waals surface area contributed by atoms with Crippen molar-refractivity contribution in [2.75, 3.05) is 6.54 Å². The van der Waals surface area contributed by atoms with E-state index in [1.54, 1.807) is 12.3 Å². The highest BCUT2D eigenvalue weighted by Gasteiger charge is 2.15. The topological polar surface area (TPSA) is 37.8 Å². The normalized spacial score (nSPS) is 12.6. The highest BCUT2D eigenvalue weighted by Crippen LogP contribution is 2.21. The summed E-state index contributed by atoms with van der Waals surface area (Å²) < 4.78 is 17.5. The number of halogens is 1. The Hall–Kier alpha value is -1.33. The van der Waals surface area contributed by atoms with Crippen LogP contribution in [0.3, 0.4) is 0 Å². The molecule has 1 atom stereocenters. The number of nitrogens with zero attached hydrogens (tertiary/aromatic N) is 2. The van der Waals surface area contributed by atoms with Crippen molar-refractivity contribution in [1.82, 2.24) is 14.9 Å². The Morgan fingerprint density at radius 3 is 2.89 bits per heavy atom. The molecular weight excluding hydrogens is 249 g/mol. The Morgan fingerprint density at radius 1 is 1.39 bits per heavy atom. The molecule has 1 aromatic carbocycles. The van der Waals surface area contributed by atoms with E-state index in [9.17, 15) is 4.39 Å². The van der Waals surface area contributed by atoms with E-state index in [1.165, 1.54) is 17.6 Å². The first-order valence-electron chi connectivity index (χ1n) is 6.05. The van der Waals surface area contributed by atoms with Gasteiger partial charge in [-0.1, -0.05) is 29.6 Å². The van der Waals surface area contributed by atoms with Crippen molar-refractivity contribution in [2.45, 2.75) is 25.8 Å². The summed E-state index contributed by atoms with van der Waals surface area (Å²) in [5, 5.41) is 7.26. The summed E-state index contributed by atoms with van der Waals surface area (Å²) in [7, 11) is 0. The van der Waals surface area contributed by atoms with Gasteiger partial charge in [-0.2, -0.15) is 0 Å². The van der Waals surface area contributed by atoms with E-state index < -0.39 is 0 Å². The number of aromatic nitrogens is 2. The van der Waals surface area contributed by atoms with Gasteiger partial charge in [0.05, 0.1) is 11.1 Å². The first kappa shape index (κ1) is 13.1. The fraction of sp³-hybridized carbons (Fsp3) is 0.385. The van der Waals surface area contributed by atoms with E-state index >= 15 is 0 Å². The van der Waals surface area contributed by atoms with Crippen molar-refractivity contribution in [2.24, 2.45) is 0 Å². The quantitative estimate of drug-likeness (QED) is 0.872. The Kier molecular flexibility index (Phi) is 4.78. The van der Waals surface area contributed by atoms with Crippen molar-refractivity contribution in [1.29, 1.82) is 0 Å². The summed E-state index contributed by atoms with van der Waals surface area (Å²) in [5.41, 5.74) is 0.722. The van der Waals surface area contributed by atoms with Gasteiger partial charge < -0.3 is 5.32 Å². The van der Waals surface area contributed by atoms with Crippen molar-refractivity contribution < 1.29 is 4.39 Å². The van der Waals surface area contributed by atoms with E-state index in [-0.39, 0.29) is 11.9 Å². The minimum Gasteiger partial charge on any atom is -0.309 e. The smallest absolute Gasteiger partial charge is 0.126 e. The van der Waals surface area contributed by atoms with Crippen molar-refractivity contribution in [3.63, 3.8) is 0 Å². The Balaban J connectivity index is 2.13. The van der Waals surface area contributed by atoms with E-state index in [2.05, 4.69) is 21.8 Å². The van der Waals surface area contributed by atoms with E-state index in [4.69, 9.17) is 0 Å². The molecule has 0 saturated carbocycles. The summed E-state index contributed by atoms with van der Waals surface area (Å²) in [6.45, 7) is 3.01. The molecule has 0 aliphatic heterocycles. The second-order valence-electron chi connectivity index (χ2n) is 4.12. The van der Waals surface area contributed by atoms with Gasteiger partial charge in [0.2, 0.25) is 0 Å². The fourth-order valence-electron chi connectivity index (χ4n) is 1.80. The van der Waals surface area contributed by atoms with Crippen LogP contribution in [0.4, 0.5) is 4.39 Å². The molecule has 1 aromatic heterocycles. The molecule has 5 heteroatoms. The zero-order chi connectivity index (χ0) is 12.8. The molecule has 0 aliphatic rings. The second-order valence-corrected chi connectivity index (χ2v) is 4.94. The lowest BCUT2D eigenvalue weighted by Gasteiger charge is -2.16. The van der Waals surface area contributed by atoms with E-state index in [0.717, 1.165) is 23.4 Å². The summed E-state index contributed by atoms with van der Waals surface area (Å²) in [4.78, 5) is 1.05. The van der Waals surface area contributed by atoms with Crippen LogP contribution in [0.15, 0.2) is 30.5 Å². The van der Waals surface area contributed by atoms with Crippen LogP contribution in [0.2, 0.25) is 0 Å². The molecule has 2 rings (SSSR count). The third-order valence-electron chi connectivity index (χ3n) is 2.74. The molecule has 0 fully saturated rings. The van der Waals surface area contributed by atoms with Crippen LogP contribution in [-0.2, 0) is 6.42 Å². The standard InChI is InChI=1S/C13H16FN3S/c1-2-7-15-12(13-9-16-17-18-13)8-10-5-3-4-6-11(10)14/h3-6,9,12,15H,2,7-8H2,1H3. The van der Waals surface area contributed by atoms with Crippen molar-refractivity contribution in [3.8, 4) is 0 Å². The molecular formula is C13H16FN3S. The average Bonchev–Trinajstić information content (AvgIpc) is 2.90. The molecule has 1 heterocycles. The molecule has 0 saturated heterocycles. The van der Waals surface area contributed by atoms with Gasteiger partial charge in [-0.05, 0) is 42.5 Å². The molecule has 18 heavy (non-hydrogen) atoms. The zero-order valence-electron chi connectivity index (χ0n) is 10.3. The molecule has 0 bridgehead atoms. The van der Waals surface area contributed by atoms with Crippen molar-refractivity contribution >= 4 is 11.5 Å². The maximum absolute atomic E-state index is 13.7. The lowest BCUT2D eigenvalue weighted by atomic mass is 10.0. The van der Waals surface area contributed by atoms with Gasteiger partial charge in [0.15, 0.2) is 0 Å². The van der Waals surface area contributed by atoms with Gasteiger partial charge in [-0.25, -0.2) is 4.39 Å². The number of nitrogens with one attached hydrogen (secondary N) is 1. The third-order valence-corrected chi connectivity index (χ3v) is 3.52. The molecule has 0 radical (unpaired) electrons. The molecule has 96 valence electrons. The van der Waals surface area contributed by atoms with Gasteiger partial charge >= 0.3 is 0 Å². The number of hydrogen-bond donors (Lipinski definition) is 1. The van der Waals surface area contributed by atoms with Crippen LogP contribution < -0.4 is 5.32 Å². The minimum atomic E-state index is -0.154. The molecule has 0 spiro atoms. The molecule has 1 unspecified atom stereocenters. The summed E-state index contributed by atoms with van der Waals surface area (Å²) in [6.07, 6.45) is 3.41. The minimum absolute atomic E-state index is 0.0850. The van der Waals surface area contributed by atoms with Gasteiger partial charge in [0, 0.05) is 6.04 Å². The van der Waals surface area contributed by atoms with Crippen LogP contribution in [0.25, 0.3) is 0 Å². The van der Waals surface area contributed by atoms with E-state index in [1.807, 2.05) is 12.1 Å². The molecule has 3 nitrogen and oxygen atoms in total. The van der Waals surface area contributed by atoms with Crippen molar-refractivity contribution in [3.05, 3.63) is 46.7 Å². The highest BCUT2D eigenvalue weighted by molar-refractivity contribution is 7.05. The third kappa shape index (κ3) is 3.34. The Labute approximate surface area is 110 Å². The SMILES string of the molecule is CCCNC(Cc1ccccc1F)c1cnns1. The lowest BCUT2D eigenvalue weighted by Crippen LogP contribution is -2.23. The zero-order valence-corrected chi connectivity index (χ0v) is 11.1. The number of rotatable bonds is 6.